The maximum Gasteiger partial charge on any atom is 0.338 e. The second kappa shape index (κ2) is 10.2. The molecule has 0 aliphatic carbocycles. The number of unbranched alkanes of at least 4 members (excludes halogenated alkanes) is 1. The number of carbonyl (C=O) groups excluding carboxylic acids is 2. The highest BCUT2D eigenvalue weighted by Crippen LogP contribution is 2.46. The molecule has 2 aliphatic heterocycles. The van der Waals surface area contributed by atoms with Crippen LogP contribution in [0, 0.1) is 0 Å². The molecule has 0 amide bonds. The van der Waals surface area contributed by atoms with Gasteiger partial charge in [-0.3, -0.25) is 4.84 Å². The lowest BCUT2D eigenvalue weighted by Gasteiger charge is -2.41. The number of hydrogen-bond acceptors (Lipinski definition) is 8. The Morgan fingerprint density at radius 1 is 1.16 bits per heavy atom. The molecule has 1 aromatic rings. The van der Waals surface area contributed by atoms with E-state index in [4.69, 9.17) is 23.9 Å². The molecule has 31 heavy (non-hydrogen) atoms. The number of hydroxylamine groups is 2. The lowest BCUT2D eigenvalue weighted by Crippen LogP contribution is -2.55. The van der Waals surface area contributed by atoms with Crippen molar-refractivity contribution in [2.45, 2.75) is 75.9 Å². The van der Waals surface area contributed by atoms with Gasteiger partial charge in [0.2, 0.25) is 0 Å². The summed E-state index contributed by atoms with van der Waals surface area (Å²) in [5, 5.41) is 1.33. The molecule has 0 unspecified atom stereocenters. The molecular weight excluding hydrogens is 418 g/mol. The first kappa shape index (κ1) is 23.9. The summed E-state index contributed by atoms with van der Waals surface area (Å²) in [6, 6.07) is 8.44. The maximum atomic E-state index is 12.9. The Hall–Kier alpha value is -1.78. The van der Waals surface area contributed by atoms with Crippen molar-refractivity contribution in [2.24, 2.45) is 0 Å². The van der Waals surface area contributed by atoms with E-state index in [0.29, 0.717) is 18.6 Å². The van der Waals surface area contributed by atoms with Crippen LogP contribution in [0.25, 0.3) is 0 Å². The molecule has 0 bridgehead atoms. The average molecular weight is 452 g/mol. The molecule has 2 saturated heterocycles. The molecule has 8 nitrogen and oxygen atoms in total. The Labute approximate surface area is 184 Å². The summed E-state index contributed by atoms with van der Waals surface area (Å²) in [6.07, 6.45) is 0.246. The number of carbonyl (C=O) groups is 2. The van der Waals surface area contributed by atoms with Crippen molar-refractivity contribution in [3.63, 3.8) is 0 Å². The summed E-state index contributed by atoms with van der Waals surface area (Å²) in [5.41, 5.74) is 0.280. The molecule has 0 spiro atoms. The van der Waals surface area contributed by atoms with E-state index in [0.717, 1.165) is 12.8 Å². The molecule has 0 N–H and O–H groups in total. The predicted molar refractivity (Wildman–Crippen MR) is 116 cm³/mol. The van der Waals surface area contributed by atoms with Crippen LogP contribution in [0.5, 0.6) is 0 Å². The van der Waals surface area contributed by atoms with E-state index in [-0.39, 0.29) is 5.54 Å². The number of hydrogen-bond donors (Lipinski definition) is 0. The van der Waals surface area contributed by atoms with Crippen LogP contribution in [0.15, 0.2) is 30.3 Å². The smallest absolute Gasteiger partial charge is 0.338 e. The summed E-state index contributed by atoms with van der Waals surface area (Å²) in [4.78, 5) is 37.2. The van der Waals surface area contributed by atoms with Crippen LogP contribution >= 0.6 is 0 Å². The molecule has 172 valence electrons. The molecule has 2 heterocycles. The van der Waals surface area contributed by atoms with Gasteiger partial charge in [-0.2, -0.15) is 0 Å². The summed E-state index contributed by atoms with van der Waals surface area (Å²) in [6.45, 7) is 9.06. The number of methoxy groups -OCH3 is 1. The molecule has 3 rings (SSSR count). The van der Waals surface area contributed by atoms with Crippen LogP contribution in [0.4, 0.5) is 0 Å². The molecule has 0 saturated carbocycles. The van der Waals surface area contributed by atoms with Gasteiger partial charge < -0.3 is 14.2 Å². The van der Waals surface area contributed by atoms with Gasteiger partial charge in [0.1, 0.15) is 12.1 Å². The summed E-state index contributed by atoms with van der Waals surface area (Å²) < 4.78 is 16.8. The first-order valence-corrected chi connectivity index (χ1v) is 14.4. The molecule has 1 aromatic carbocycles. The third-order valence-corrected chi connectivity index (χ3v) is 8.33. The van der Waals surface area contributed by atoms with Gasteiger partial charge in [-0.25, -0.2) is 14.4 Å². The van der Waals surface area contributed by atoms with Crippen LogP contribution < -0.4 is 0 Å². The SMILES string of the molecule is CCCCO[C@H]1C[C@@H](OC(=O)c2ccccc2)[C@@H]2[C@@H]([Si](C)(C)C)[C@H](C(=O)OC)ON2O1. The van der Waals surface area contributed by atoms with Gasteiger partial charge >= 0.3 is 11.9 Å². The zero-order valence-electron chi connectivity index (χ0n) is 18.9. The van der Waals surface area contributed by atoms with E-state index in [1.807, 2.05) is 6.07 Å². The number of rotatable bonds is 8. The molecule has 0 aromatic heterocycles. The molecule has 2 fully saturated rings. The van der Waals surface area contributed by atoms with Crippen LogP contribution in [0.3, 0.4) is 0 Å². The first-order chi connectivity index (χ1) is 14.8. The number of nitrogens with zero attached hydrogens (tertiary/aromatic N) is 1. The normalized spacial score (nSPS) is 28.7. The van der Waals surface area contributed by atoms with Crippen molar-refractivity contribution in [1.29, 1.82) is 0 Å². The highest BCUT2D eigenvalue weighted by Gasteiger charge is 2.60. The standard InChI is InChI=1S/C22H33NO7Si/c1-6-7-13-27-17-14-16(28-21(24)15-11-9-8-10-12-15)18-20(31(3,4)5)19(22(25)26-2)30-23(18)29-17/h8-12,16-20H,6-7,13-14H2,1-5H3/t16-,17-,18-,19-,20-/m1/s1. The van der Waals surface area contributed by atoms with Crippen LogP contribution in [0.1, 0.15) is 36.5 Å². The minimum atomic E-state index is -1.98. The van der Waals surface area contributed by atoms with Crippen LogP contribution in [-0.4, -0.2) is 63.5 Å². The Kier molecular flexibility index (Phi) is 7.87. The maximum absolute atomic E-state index is 12.9. The third kappa shape index (κ3) is 5.53. The lowest BCUT2D eigenvalue weighted by molar-refractivity contribution is -0.442. The van der Waals surface area contributed by atoms with Crippen molar-refractivity contribution in [2.75, 3.05) is 13.7 Å². The van der Waals surface area contributed by atoms with Crippen molar-refractivity contribution in [3.05, 3.63) is 35.9 Å². The third-order valence-electron chi connectivity index (χ3n) is 5.69. The Morgan fingerprint density at radius 2 is 1.87 bits per heavy atom. The molecular formula is C22H33NO7Si. The molecule has 9 heteroatoms. The fourth-order valence-corrected chi connectivity index (χ4v) is 6.60. The first-order valence-electron chi connectivity index (χ1n) is 10.8. The summed E-state index contributed by atoms with van der Waals surface area (Å²) >= 11 is 0. The van der Waals surface area contributed by atoms with E-state index < -0.39 is 44.6 Å². The van der Waals surface area contributed by atoms with Gasteiger partial charge in [0.25, 0.3) is 0 Å². The monoisotopic (exact) mass is 451 g/mol. The summed E-state index contributed by atoms with van der Waals surface area (Å²) in [7, 11) is -0.637. The lowest BCUT2D eigenvalue weighted by atomic mass is 10.00. The minimum absolute atomic E-state index is 0.190. The minimum Gasteiger partial charge on any atom is -0.467 e. The van der Waals surface area contributed by atoms with Gasteiger partial charge in [-0.15, -0.1) is 0 Å². The number of benzene rings is 1. The second-order valence-electron chi connectivity index (χ2n) is 9.02. The van der Waals surface area contributed by atoms with Crippen molar-refractivity contribution in [1.82, 2.24) is 5.23 Å². The van der Waals surface area contributed by atoms with Gasteiger partial charge in [0.05, 0.1) is 20.7 Å². The van der Waals surface area contributed by atoms with E-state index in [1.165, 1.54) is 12.3 Å². The number of fused-ring (bicyclic) bond motifs is 1. The van der Waals surface area contributed by atoms with Crippen molar-refractivity contribution in [3.8, 4) is 0 Å². The Balaban J connectivity index is 1.88. The Morgan fingerprint density at radius 3 is 2.48 bits per heavy atom. The van der Waals surface area contributed by atoms with Gasteiger partial charge in [-0.1, -0.05) is 56.4 Å². The van der Waals surface area contributed by atoms with E-state index >= 15 is 0 Å². The topological polar surface area (TPSA) is 83.5 Å². The average Bonchev–Trinajstić information content (AvgIpc) is 3.14. The second-order valence-corrected chi connectivity index (χ2v) is 14.4. The summed E-state index contributed by atoms with van der Waals surface area (Å²) in [5.74, 6) is -0.877. The largest absolute Gasteiger partial charge is 0.467 e. The molecule has 0 radical (unpaired) electrons. The fourth-order valence-electron chi connectivity index (χ4n) is 4.14. The van der Waals surface area contributed by atoms with Gasteiger partial charge in [0.15, 0.2) is 12.4 Å². The van der Waals surface area contributed by atoms with Gasteiger partial charge in [-0.05, 0) is 18.6 Å². The van der Waals surface area contributed by atoms with Crippen molar-refractivity contribution >= 4 is 20.0 Å². The fraction of sp³-hybridized carbons (Fsp3) is 0.636. The number of esters is 2. The number of ether oxygens (including phenoxy) is 3. The van der Waals surface area contributed by atoms with E-state index in [1.54, 1.807) is 24.3 Å². The van der Waals surface area contributed by atoms with Gasteiger partial charge in [0, 0.05) is 18.6 Å². The Bertz CT molecular complexity index is 754. The van der Waals surface area contributed by atoms with E-state index in [9.17, 15) is 9.59 Å². The zero-order chi connectivity index (χ0) is 22.6. The van der Waals surface area contributed by atoms with Crippen LogP contribution in [-0.2, 0) is 28.7 Å². The highest BCUT2D eigenvalue weighted by molar-refractivity contribution is 6.78. The van der Waals surface area contributed by atoms with Crippen LogP contribution in [0.2, 0.25) is 25.2 Å². The molecule has 5 atom stereocenters. The van der Waals surface area contributed by atoms with E-state index in [2.05, 4.69) is 26.6 Å². The van der Waals surface area contributed by atoms with Crippen molar-refractivity contribution < 1.29 is 33.5 Å². The predicted octanol–water partition coefficient (Wildman–Crippen LogP) is 3.56. The zero-order valence-corrected chi connectivity index (χ0v) is 19.9. The quantitative estimate of drug-likeness (QED) is 0.337. The highest BCUT2D eigenvalue weighted by atomic mass is 28.3. The molecule has 2 aliphatic rings.